The molecule has 66 valence electrons. The molecule has 2 atom stereocenters. The molecule has 0 aliphatic heterocycles. The Bertz CT molecular complexity index is 109. The summed E-state index contributed by atoms with van der Waals surface area (Å²) in [5.41, 5.74) is 0. The minimum absolute atomic E-state index is 0.406. The summed E-state index contributed by atoms with van der Waals surface area (Å²) in [7, 11) is 0. The lowest BCUT2D eigenvalue weighted by atomic mass is 9.76. The summed E-state index contributed by atoms with van der Waals surface area (Å²) >= 11 is 0. The summed E-state index contributed by atoms with van der Waals surface area (Å²) in [4.78, 5) is 0. The van der Waals surface area contributed by atoms with Gasteiger partial charge < -0.3 is 5.11 Å². The number of rotatable bonds is 2. The average molecular weight is 156 g/mol. The fraction of sp³-hybridized carbons (Fsp3) is 1.00. The van der Waals surface area contributed by atoms with Crippen LogP contribution in [0.25, 0.3) is 0 Å². The predicted molar refractivity (Wildman–Crippen MR) is 47.4 cm³/mol. The second kappa shape index (κ2) is 4.10. The van der Waals surface area contributed by atoms with Crippen molar-refractivity contribution in [3.8, 4) is 0 Å². The van der Waals surface area contributed by atoms with Gasteiger partial charge in [0, 0.05) is 6.61 Å². The lowest BCUT2D eigenvalue weighted by molar-refractivity contribution is 0.141. The van der Waals surface area contributed by atoms with Crippen molar-refractivity contribution in [2.75, 3.05) is 6.61 Å². The third-order valence-electron chi connectivity index (χ3n) is 3.02. The molecule has 0 aromatic carbocycles. The molecule has 0 amide bonds. The first kappa shape index (κ1) is 9.05. The molecule has 0 saturated heterocycles. The van der Waals surface area contributed by atoms with Crippen molar-refractivity contribution in [2.45, 2.75) is 39.5 Å². The molecule has 0 aromatic rings. The van der Waals surface area contributed by atoms with Crippen LogP contribution in [0.2, 0.25) is 0 Å². The van der Waals surface area contributed by atoms with Gasteiger partial charge in [-0.15, -0.1) is 0 Å². The molecule has 1 aliphatic carbocycles. The lowest BCUT2D eigenvalue weighted by Crippen LogP contribution is -2.21. The van der Waals surface area contributed by atoms with E-state index in [2.05, 4.69) is 13.8 Å². The molecule has 0 aromatic heterocycles. The van der Waals surface area contributed by atoms with Crippen LogP contribution in [-0.4, -0.2) is 11.7 Å². The van der Waals surface area contributed by atoms with Crippen LogP contribution in [0.15, 0.2) is 0 Å². The zero-order valence-corrected chi connectivity index (χ0v) is 7.71. The Morgan fingerprint density at radius 1 is 1.36 bits per heavy atom. The quantitative estimate of drug-likeness (QED) is 0.651. The predicted octanol–water partition coefficient (Wildman–Crippen LogP) is 2.44. The first-order valence-electron chi connectivity index (χ1n) is 4.85. The highest BCUT2D eigenvalue weighted by molar-refractivity contribution is 4.74. The zero-order valence-electron chi connectivity index (χ0n) is 7.71. The van der Waals surface area contributed by atoms with Crippen molar-refractivity contribution in [1.29, 1.82) is 0 Å². The van der Waals surface area contributed by atoms with Crippen LogP contribution in [0, 0.1) is 17.8 Å². The Morgan fingerprint density at radius 3 is 2.64 bits per heavy atom. The molecule has 1 fully saturated rings. The molecule has 1 saturated carbocycles. The Labute approximate surface area is 69.8 Å². The van der Waals surface area contributed by atoms with Crippen molar-refractivity contribution in [1.82, 2.24) is 0 Å². The highest BCUT2D eigenvalue weighted by atomic mass is 16.3. The zero-order chi connectivity index (χ0) is 8.27. The van der Waals surface area contributed by atoms with Gasteiger partial charge >= 0.3 is 0 Å². The molecule has 11 heavy (non-hydrogen) atoms. The number of aliphatic hydroxyl groups excluding tert-OH is 1. The van der Waals surface area contributed by atoms with E-state index >= 15 is 0 Å². The number of hydrogen-bond donors (Lipinski definition) is 1. The molecule has 0 heterocycles. The van der Waals surface area contributed by atoms with Crippen LogP contribution in [0.1, 0.15) is 39.5 Å². The summed E-state index contributed by atoms with van der Waals surface area (Å²) in [5.74, 6) is 2.29. The molecule has 1 heteroatoms. The van der Waals surface area contributed by atoms with Gasteiger partial charge in [0.15, 0.2) is 0 Å². The van der Waals surface area contributed by atoms with Crippen LogP contribution >= 0.6 is 0 Å². The minimum atomic E-state index is 0.406. The van der Waals surface area contributed by atoms with Crippen LogP contribution < -0.4 is 0 Å². The average Bonchev–Trinajstić information content (AvgIpc) is 2.05. The van der Waals surface area contributed by atoms with E-state index in [-0.39, 0.29) is 0 Å². The van der Waals surface area contributed by atoms with Gasteiger partial charge in [-0.25, -0.2) is 0 Å². The molecular weight excluding hydrogens is 136 g/mol. The van der Waals surface area contributed by atoms with Crippen LogP contribution in [0.3, 0.4) is 0 Å². The molecule has 1 unspecified atom stereocenters. The molecule has 1 nitrogen and oxygen atoms in total. The lowest BCUT2D eigenvalue weighted by Gasteiger charge is -2.30. The fourth-order valence-corrected chi connectivity index (χ4v) is 2.10. The molecular formula is C10H20O. The minimum Gasteiger partial charge on any atom is -0.396 e. The maximum atomic E-state index is 8.99. The molecule has 0 spiro atoms. The Hall–Kier alpha value is -0.0400. The fourth-order valence-electron chi connectivity index (χ4n) is 2.10. The molecule has 0 bridgehead atoms. The summed E-state index contributed by atoms with van der Waals surface area (Å²) in [6, 6.07) is 0. The molecule has 1 N–H and O–H groups in total. The maximum Gasteiger partial charge on any atom is 0.0459 e. The maximum absolute atomic E-state index is 8.99. The SMILES string of the molecule is CC(C)C1CCC[C@H](CO)C1. The van der Waals surface area contributed by atoms with Gasteiger partial charge in [0.25, 0.3) is 0 Å². The van der Waals surface area contributed by atoms with E-state index in [4.69, 9.17) is 5.11 Å². The summed E-state index contributed by atoms with van der Waals surface area (Å²) < 4.78 is 0. The van der Waals surface area contributed by atoms with Gasteiger partial charge in [0.05, 0.1) is 0 Å². The topological polar surface area (TPSA) is 20.2 Å². The third kappa shape index (κ3) is 2.48. The van der Waals surface area contributed by atoms with E-state index in [0.717, 1.165) is 11.8 Å². The first-order valence-corrected chi connectivity index (χ1v) is 4.85. The highest BCUT2D eigenvalue weighted by Gasteiger charge is 2.23. The van der Waals surface area contributed by atoms with Gasteiger partial charge in [-0.05, 0) is 30.6 Å². The smallest absolute Gasteiger partial charge is 0.0459 e. The summed E-state index contributed by atoms with van der Waals surface area (Å²) in [6.07, 6.45) is 5.22. The van der Waals surface area contributed by atoms with E-state index in [1.807, 2.05) is 0 Å². The highest BCUT2D eigenvalue weighted by Crippen LogP contribution is 2.33. The largest absolute Gasteiger partial charge is 0.396 e. The second-order valence-corrected chi connectivity index (χ2v) is 4.22. The van der Waals surface area contributed by atoms with Gasteiger partial charge in [0.2, 0.25) is 0 Å². The Morgan fingerprint density at radius 2 is 2.09 bits per heavy atom. The van der Waals surface area contributed by atoms with Crippen LogP contribution in [-0.2, 0) is 0 Å². The normalized spacial score (nSPS) is 32.7. The number of hydrogen-bond acceptors (Lipinski definition) is 1. The monoisotopic (exact) mass is 156 g/mol. The van der Waals surface area contributed by atoms with E-state index in [1.165, 1.54) is 25.7 Å². The third-order valence-corrected chi connectivity index (χ3v) is 3.02. The standard InChI is InChI=1S/C10H20O/c1-8(2)10-5-3-4-9(6-10)7-11/h8-11H,3-7H2,1-2H3/t9-,10?/m0/s1. The van der Waals surface area contributed by atoms with Crippen LogP contribution in [0.5, 0.6) is 0 Å². The van der Waals surface area contributed by atoms with Crippen molar-refractivity contribution in [3.05, 3.63) is 0 Å². The first-order chi connectivity index (χ1) is 5.24. The van der Waals surface area contributed by atoms with Crippen LogP contribution in [0.4, 0.5) is 0 Å². The van der Waals surface area contributed by atoms with E-state index in [9.17, 15) is 0 Å². The van der Waals surface area contributed by atoms with E-state index in [1.54, 1.807) is 0 Å². The molecule has 0 radical (unpaired) electrons. The summed E-state index contributed by atoms with van der Waals surface area (Å²) in [6.45, 7) is 5.00. The van der Waals surface area contributed by atoms with E-state index in [0.29, 0.717) is 12.5 Å². The van der Waals surface area contributed by atoms with Crippen molar-refractivity contribution in [2.24, 2.45) is 17.8 Å². The Kier molecular flexibility index (Phi) is 3.38. The van der Waals surface area contributed by atoms with Crippen molar-refractivity contribution >= 4 is 0 Å². The van der Waals surface area contributed by atoms with Crippen molar-refractivity contribution in [3.63, 3.8) is 0 Å². The molecule has 1 aliphatic rings. The number of aliphatic hydroxyl groups is 1. The summed E-state index contributed by atoms with van der Waals surface area (Å²) in [5, 5.41) is 8.99. The van der Waals surface area contributed by atoms with Crippen molar-refractivity contribution < 1.29 is 5.11 Å². The van der Waals surface area contributed by atoms with E-state index < -0.39 is 0 Å². The second-order valence-electron chi connectivity index (χ2n) is 4.22. The van der Waals surface area contributed by atoms with Gasteiger partial charge in [-0.1, -0.05) is 26.7 Å². The van der Waals surface area contributed by atoms with Gasteiger partial charge in [-0.2, -0.15) is 0 Å². The Balaban J connectivity index is 2.33. The van der Waals surface area contributed by atoms with Gasteiger partial charge in [0.1, 0.15) is 0 Å². The molecule has 1 rings (SSSR count). The van der Waals surface area contributed by atoms with Gasteiger partial charge in [-0.3, -0.25) is 0 Å².